The van der Waals surface area contributed by atoms with Crippen LogP contribution in [0.5, 0.6) is 0 Å². The van der Waals surface area contributed by atoms with Crippen molar-refractivity contribution in [1.82, 2.24) is 15.0 Å². The summed E-state index contributed by atoms with van der Waals surface area (Å²) in [6, 6.07) is 0. The van der Waals surface area contributed by atoms with E-state index in [1.807, 2.05) is 0 Å². The van der Waals surface area contributed by atoms with Crippen LogP contribution in [0, 0.1) is 0 Å². The minimum absolute atomic E-state index is 0.210. The molecule has 0 aliphatic heterocycles. The van der Waals surface area contributed by atoms with E-state index in [4.69, 9.17) is 10.2 Å². The Hall–Kier alpha value is -1.65. The Kier molecular flexibility index (Phi) is 0.858. The predicted molar refractivity (Wildman–Crippen MR) is 34.0 cm³/mol. The second-order valence-electron chi connectivity index (χ2n) is 1.77. The van der Waals surface area contributed by atoms with Gasteiger partial charge in [0.25, 0.3) is 0 Å². The standard InChI is InChI=1S/C5H4N4O/c6-5-7-1-3-4(9-5)8-2-10-3/h1-2H,(H2,6,7,9). The summed E-state index contributed by atoms with van der Waals surface area (Å²) >= 11 is 0. The van der Waals surface area contributed by atoms with E-state index in [0.29, 0.717) is 11.2 Å². The van der Waals surface area contributed by atoms with E-state index in [1.165, 1.54) is 12.6 Å². The molecular weight excluding hydrogens is 132 g/mol. The van der Waals surface area contributed by atoms with Crippen LogP contribution in [0.15, 0.2) is 17.0 Å². The maximum absolute atomic E-state index is 5.28. The average Bonchev–Trinajstić information content (AvgIpc) is 2.33. The molecule has 5 heteroatoms. The quantitative estimate of drug-likeness (QED) is 0.559. The zero-order chi connectivity index (χ0) is 6.97. The van der Waals surface area contributed by atoms with E-state index >= 15 is 0 Å². The van der Waals surface area contributed by atoms with Gasteiger partial charge in [-0.05, 0) is 0 Å². The van der Waals surface area contributed by atoms with Crippen molar-refractivity contribution in [3.8, 4) is 0 Å². The van der Waals surface area contributed by atoms with Crippen molar-refractivity contribution >= 4 is 17.2 Å². The van der Waals surface area contributed by atoms with Crippen LogP contribution in [-0.4, -0.2) is 15.0 Å². The van der Waals surface area contributed by atoms with Gasteiger partial charge in [0, 0.05) is 0 Å². The fourth-order valence-electron chi connectivity index (χ4n) is 0.684. The van der Waals surface area contributed by atoms with E-state index in [-0.39, 0.29) is 5.95 Å². The van der Waals surface area contributed by atoms with Gasteiger partial charge in [-0.15, -0.1) is 0 Å². The lowest BCUT2D eigenvalue weighted by Crippen LogP contribution is -1.92. The lowest BCUT2D eigenvalue weighted by atomic mass is 10.6. The smallest absolute Gasteiger partial charge is 0.222 e. The maximum atomic E-state index is 5.28. The number of nitrogen functional groups attached to an aromatic ring is 1. The van der Waals surface area contributed by atoms with Crippen LogP contribution >= 0.6 is 0 Å². The lowest BCUT2D eigenvalue weighted by Gasteiger charge is -1.86. The molecule has 2 rings (SSSR count). The number of nitrogens with zero attached hydrogens (tertiary/aromatic N) is 3. The summed E-state index contributed by atoms with van der Waals surface area (Å²) in [6.45, 7) is 0. The Morgan fingerprint density at radius 2 is 2.30 bits per heavy atom. The zero-order valence-electron chi connectivity index (χ0n) is 4.98. The fourth-order valence-corrected chi connectivity index (χ4v) is 0.684. The van der Waals surface area contributed by atoms with Gasteiger partial charge in [-0.1, -0.05) is 0 Å². The molecule has 0 aromatic carbocycles. The summed E-state index contributed by atoms with van der Waals surface area (Å²) in [5.74, 6) is 0.210. The Morgan fingerprint density at radius 1 is 1.40 bits per heavy atom. The van der Waals surface area contributed by atoms with Crippen molar-refractivity contribution in [2.24, 2.45) is 0 Å². The monoisotopic (exact) mass is 136 g/mol. The molecule has 0 saturated carbocycles. The van der Waals surface area contributed by atoms with Gasteiger partial charge in [-0.3, -0.25) is 0 Å². The summed E-state index contributed by atoms with van der Waals surface area (Å²) in [5.41, 5.74) is 6.32. The Labute approximate surface area is 55.9 Å². The Balaban J connectivity index is 2.86. The molecule has 0 bridgehead atoms. The molecule has 2 N–H and O–H groups in total. The number of hydrogen-bond donors (Lipinski definition) is 1. The van der Waals surface area contributed by atoms with E-state index in [0.717, 1.165) is 0 Å². The van der Waals surface area contributed by atoms with E-state index in [9.17, 15) is 0 Å². The second kappa shape index (κ2) is 1.66. The topological polar surface area (TPSA) is 77.8 Å². The first-order valence-corrected chi connectivity index (χ1v) is 2.68. The molecule has 10 heavy (non-hydrogen) atoms. The van der Waals surface area contributed by atoms with Crippen LogP contribution in [0.1, 0.15) is 0 Å². The summed E-state index contributed by atoms with van der Waals surface area (Å²) in [5, 5.41) is 0. The molecule has 0 radical (unpaired) electrons. The third-order valence-electron chi connectivity index (χ3n) is 1.11. The molecule has 50 valence electrons. The van der Waals surface area contributed by atoms with Gasteiger partial charge in [0.1, 0.15) is 0 Å². The second-order valence-corrected chi connectivity index (χ2v) is 1.77. The molecule has 2 heterocycles. The van der Waals surface area contributed by atoms with Gasteiger partial charge in [-0.25, -0.2) is 4.98 Å². The highest BCUT2D eigenvalue weighted by molar-refractivity contribution is 5.66. The first-order valence-electron chi connectivity index (χ1n) is 2.68. The molecule has 0 atom stereocenters. The van der Waals surface area contributed by atoms with Crippen LogP contribution in [0.3, 0.4) is 0 Å². The van der Waals surface area contributed by atoms with Crippen molar-refractivity contribution in [3.05, 3.63) is 12.6 Å². The van der Waals surface area contributed by atoms with Crippen LogP contribution in [-0.2, 0) is 0 Å². The minimum Gasteiger partial charge on any atom is -0.440 e. The molecule has 0 amide bonds. The van der Waals surface area contributed by atoms with Crippen LogP contribution in [0.2, 0.25) is 0 Å². The van der Waals surface area contributed by atoms with Crippen molar-refractivity contribution in [1.29, 1.82) is 0 Å². The van der Waals surface area contributed by atoms with Crippen molar-refractivity contribution in [3.63, 3.8) is 0 Å². The summed E-state index contributed by atoms with van der Waals surface area (Å²) in [6.07, 6.45) is 2.80. The normalized spacial score (nSPS) is 10.4. The van der Waals surface area contributed by atoms with Crippen molar-refractivity contribution < 1.29 is 4.42 Å². The van der Waals surface area contributed by atoms with Crippen molar-refractivity contribution in [2.75, 3.05) is 5.73 Å². The molecule has 2 aromatic heterocycles. The van der Waals surface area contributed by atoms with Gasteiger partial charge in [0.05, 0.1) is 6.20 Å². The largest absolute Gasteiger partial charge is 0.440 e. The molecule has 0 aliphatic rings. The Bertz CT molecular complexity index is 355. The summed E-state index contributed by atoms with van der Waals surface area (Å²) in [7, 11) is 0. The van der Waals surface area contributed by atoms with Crippen LogP contribution in [0.25, 0.3) is 11.2 Å². The minimum atomic E-state index is 0.210. The fraction of sp³-hybridized carbons (Fsp3) is 0. The third kappa shape index (κ3) is 0.604. The molecule has 0 aliphatic carbocycles. The first kappa shape index (κ1) is 5.16. The lowest BCUT2D eigenvalue weighted by molar-refractivity contribution is 0.600. The third-order valence-corrected chi connectivity index (χ3v) is 1.11. The molecule has 0 fully saturated rings. The maximum Gasteiger partial charge on any atom is 0.222 e. The highest BCUT2D eigenvalue weighted by Gasteiger charge is 1.98. The highest BCUT2D eigenvalue weighted by Crippen LogP contribution is 2.07. The molecule has 0 saturated heterocycles. The van der Waals surface area contributed by atoms with Gasteiger partial charge in [-0.2, -0.15) is 9.97 Å². The SMILES string of the molecule is Nc1ncc2ocnc2n1. The highest BCUT2D eigenvalue weighted by atomic mass is 16.3. The number of hydrogen-bond acceptors (Lipinski definition) is 5. The Morgan fingerprint density at radius 3 is 3.20 bits per heavy atom. The van der Waals surface area contributed by atoms with Gasteiger partial charge in [0.15, 0.2) is 12.0 Å². The van der Waals surface area contributed by atoms with Crippen LogP contribution < -0.4 is 5.73 Å². The summed E-state index contributed by atoms with van der Waals surface area (Å²) in [4.78, 5) is 11.3. The number of anilines is 1. The van der Waals surface area contributed by atoms with Gasteiger partial charge in [0.2, 0.25) is 11.6 Å². The predicted octanol–water partition coefficient (Wildman–Crippen LogP) is 0.200. The van der Waals surface area contributed by atoms with Gasteiger partial charge < -0.3 is 10.2 Å². The molecule has 5 nitrogen and oxygen atoms in total. The van der Waals surface area contributed by atoms with E-state index in [1.54, 1.807) is 0 Å². The summed E-state index contributed by atoms with van der Waals surface area (Å²) < 4.78 is 4.88. The molecule has 2 aromatic rings. The van der Waals surface area contributed by atoms with Crippen molar-refractivity contribution in [2.45, 2.75) is 0 Å². The molecular formula is C5H4N4O. The van der Waals surface area contributed by atoms with Crippen LogP contribution in [0.4, 0.5) is 5.95 Å². The molecule has 0 spiro atoms. The number of nitrogens with two attached hydrogens (primary N) is 1. The average molecular weight is 136 g/mol. The van der Waals surface area contributed by atoms with E-state index < -0.39 is 0 Å². The number of aromatic nitrogens is 3. The number of rotatable bonds is 0. The first-order chi connectivity index (χ1) is 4.86. The number of oxazole rings is 1. The molecule has 0 unspecified atom stereocenters. The number of fused-ring (bicyclic) bond motifs is 1. The zero-order valence-corrected chi connectivity index (χ0v) is 4.98. The van der Waals surface area contributed by atoms with E-state index in [2.05, 4.69) is 15.0 Å². The van der Waals surface area contributed by atoms with Gasteiger partial charge >= 0.3 is 0 Å².